The maximum Gasteiger partial charge on any atom is 0.136 e. The van der Waals surface area contributed by atoms with E-state index in [0.717, 1.165) is 55.0 Å². The summed E-state index contributed by atoms with van der Waals surface area (Å²) in [6.07, 6.45) is 0. The van der Waals surface area contributed by atoms with Crippen LogP contribution in [0.1, 0.15) is 0 Å². The monoisotopic (exact) mass is 686 g/mol. The molecule has 0 saturated heterocycles. The average Bonchev–Trinajstić information content (AvgIpc) is 3.81. The maximum absolute atomic E-state index is 6.59. The summed E-state index contributed by atoms with van der Waals surface area (Å²) >= 11 is 0. The zero-order valence-electron chi connectivity index (χ0n) is 29.1. The number of hydrogen-bond acceptors (Lipinski definition) is 2. The minimum atomic E-state index is 0.880. The lowest BCUT2D eigenvalue weighted by Crippen LogP contribution is -1.91. The van der Waals surface area contributed by atoms with Crippen molar-refractivity contribution < 1.29 is 8.83 Å². The second-order valence-corrected chi connectivity index (χ2v) is 14.4. The zero-order valence-corrected chi connectivity index (χ0v) is 29.1. The number of fused-ring (bicyclic) bond motifs is 12. The van der Waals surface area contributed by atoms with Gasteiger partial charge in [0, 0.05) is 26.9 Å². The van der Waals surface area contributed by atoms with Gasteiger partial charge in [0.05, 0.1) is 0 Å². The number of benzene rings is 10. The Morgan fingerprint density at radius 3 is 1.41 bits per heavy atom. The molecule has 0 atom stereocenters. The van der Waals surface area contributed by atoms with E-state index in [2.05, 4.69) is 170 Å². The van der Waals surface area contributed by atoms with Crippen molar-refractivity contribution in [2.45, 2.75) is 0 Å². The molecule has 2 nitrogen and oxygen atoms in total. The number of para-hydroxylation sites is 1. The summed E-state index contributed by atoms with van der Waals surface area (Å²) in [5.74, 6) is 0. The highest BCUT2D eigenvalue weighted by atomic mass is 16.3. The molecular weight excluding hydrogens is 657 g/mol. The number of hydrogen-bond donors (Lipinski definition) is 0. The Morgan fingerprint density at radius 1 is 0.241 bits per heavy atom. The van der Waals surface area contributed by atoms with Crippen molar-refractivity contribution in [3.63, 3.8) is 0 Å². The van der Waals surface area contributed by atoms with Crippen molar-refractivity contribution in [1.29, 1.82) is 0 Å². The molecule has 0 saturated carbocycles. The van der Waals surface area contributed by atoms with Gasteiger partial charge in [-0.3, -0.25) is 0 Å². The van der Waals surface area contributed by atoms with Crippen LogP contribution in [0, 0.1) is 0 Å². The highest BCUT2D eigenvalue weighted by molar-refractivity contribution is 6.31. The molecule has 0 aliphatic heterocycles. The topological polar surface area (TPSA) is 26.3 Å². The predicted octanol–water partition coefficient (Wildman–Crippen LogP) is 15.1. The van der Waals surface area contributed by atoms with E-state index < -0.39 is 0 Å². The van der Waals surface area contributed by atoms with E-state index in [-0.39, 0.29) is 0 Å². The first kappa shape index (κ1) is 29.4. The minimum absolute atomic E-state index is 0.880. The Bertz CT molecular complexity index is 3430. The molecule has 0 unspecified atom stereocenters. The third-order valence-electron chi connectivity index (χ3n) is 11.4. The third kappa shape index (κ3) is 4.22. The molecule has 0 fully saturated rings. The van der Waals surface area contributed by atoms with Crippen LogP contribution in [0.2, 0.25) is 0 Å². The zero-order chi connectivity index (χ0) is 35.3. The summed E-state index contributed by atoms with van der Waals surface area (Å²) in [7, 11) is 0. The predicted molar refractivity (Wildman–Crippen MR) is 227 cm³/mol. The molecule has 0 aliphatic carbocycles. The third-order valence-corrected chi connectivity index (χ3v) is 11.4. The van der Waals surface area contributed by atoms with Crippen LogP contribution in [0.5, 0.6) is 0 Å². The van der Waals surface area contributed by atoms with Gasteiger partial charge in [-0.2, -0.15) is 0 Å². The van der Waals surface area contributed by atoms with Crippen molar-refractivity contribution in [2.24, 2.45) is 0 Å². The van der Waals surface area contributed by atoms with E-state index in [9.17, 15) is 0 Å². The molecule has 0 N–H and O–H groups in total. The van der Waals surface area contributed by atoms with E-state index in [1.165, 1.54) is 65.3 Å². The van der Waals surface area contributed by atoms with Gasteiger partial charge in [0.2, 0.25) is 0 Å². The van der Waals surface area contributed by atoms with Gasteiger partial charge in [-0.05, 0) is 107 Å². The van der Waals surface area contributed by atoms with Gasteiger partial charge in [0.15, 0.2) is 0 Å². The second kappa shape index (κ2) is 11.2. The van der Waals surface area contributed by atoms with Crippen LogP contribution in [0.25, 0.3) is 120 Å². The van der Waals surface area contributed by atoms with Gasteiger partial charge in [-0.15, -0.1) is 0 Å². The molecule has 2 aromatic heterocycles. The van der Waals surface area contributed by atoms with Crippen LogP contribution in [-0.2, 0) is 0 Å². The largest absolute Gasteiger partial charge is 0.456 e. The molecule has 0 radical (unpaired) electrons. The summed E-state index contributed by atoms with van der Waals surface area (Å²) < 4.78 is 12.9. The Balaban J connectivity index is 1.00. The van der Waals surface area contributed by atoms with Gasteiger partial charge in [0.25, 0.3) is 0 Å². The summed E-state index contributed by atoms with van der Waals surface area (Å²) in [6, 6.07) is 65.6. The minimum Gasteiger partial charge on any atom is -0.456 e. The SMILES string of the molecule is c1ccc2cc(-c3c4ccccc4c(-c4ccc(-c5ccc6c(c5)oc5ccc7ccc8oc9ccccc9c8c7c56)cc4)c4ccccc34)ccc2c1. The maximum atomic E-state index is 6.59. The molecule has 0 spiro atoms. The van der Waals surface area contributed by atoms with Crippen molar-refractivity contribution >= 4 is 87.0 Å². The normalized spacial score (nSPS) is 12.1. The van der Waals surface area contributed by atoms with Crippen LogP contribution in [0.3, 0.4) is 0 Å². The summed E-state index contributed by atoms with van der Waals surface area (Å²) in [5, 5.41) is 14.4. The van der Waals surface area contributed by atoms with Crippen LogP contribution in [0.4, 0.5) is 0 Å². The molecule has 12 rings (SSSR count). The smallest absolute Gasteiger partial charge is 0.136 e. The summed E-state index contributed by atoms with van der Waals surface area (Å²) in [5.41, 5.74) is 10.8. The first-order valence-corrected chi connectivity index (χ1v) is 18.5. The van der Waals surface area contributed by atoms with Crippen LogP contribution < -0.4 is 0 Å². The molecule has 0 bridgehead atoms. The fourth-order valence-corrected chi connectivity index (χ4v) is 9.00. The quantitative estimate of drug-likeness (QED) is 0.173. The number of furan rings is 2. The molecule has 0 aliphatic rings. The van der Waals surface area contributed by atoms with Crippen molar-refractivity contribution in [3.05, 3.63) is 182 Å². The van der Waals surface area contributed by atoms with Gasteiger partial charge in [-0.25, -0.2) is 0 Å². The molecular formula is C52H30O2. The van der Waals surface area contributed by atoms with Gasteiger partial charge in [0.1, 0.15) is 22.3 Å². The van der Waals surface area contributed by atoms with Gasteiger partial charge in [-0.1, -0.05) is 146 Å². The molecule has 2 heterocycles. The highest BCUT2D eigenvalue weighted by Crippen LogP contribution is 2.45. The molecule has 2 heteroatoms. The van der Waals surface area contributed by atoms with E-state index >= 15 is 0 Å². The Kier molecular flexibility index (Phi) is 6.09. The molecule has 54 heavy (non-hydrogen) atoms. The van der Waals surface area contributed by atoms with Gasteiger partial charge < -0.3 is 8.83 Å². The van der Waals surface area contributed by atoms with E-state index in [0.29, 0.717) is 0 Å². The number of rotatable bonds is 3. The average molecular weight is 687 g/mol. The van der Waals surface area contributed by atoms with Crippen molar-refractivity contribution in [1.82, 2.24) is 0 Å². The van der Waals surface area contributed by atoms with E-state index in [1.807, 2.05) is 12.1 Å². The lowest BCUT2D eigenvalue weighted by molar-refractivity contribution is 0.669. The highest BCUT2D eigenvalue weighted by Gasteiger charge is 2.19. The lowest BCUT2D eigenvalue weighted by Gasteiger charge is -2.18. The first-order valence-electron chi connectivity index (χ1n) is 18.5. The van der Waals surface area contributed by atoms with Gasteiger partial charge >= 0.3 is 0 Å². The fourth-order valence-electron chi connectivity index (χ4n) is 9.00. The lowest BCUT2D eigenvalue weighted by atomic mass is 9.85. The molecule has 250 valence electrons. The summed E-state index contributed by atoms with van der Waals surface area (Å²) in [4.78, 5) is 0. The second-order valence-electron chi connectivity index (χ2n) is 14.4. The Labute approximate surface area is 310 Å². The first-order chi connectivity index (χ1) is 26.8. The van der Waals surface area contributed by atoms with Crippen LogP contribution in [0.15, 0.2) is 191 Å². The summed E-state index contributed by atoms with van der Waals surface area (Å²) in [6.45, 7) is 0. The fraction of sp³-hybridized carbons (Fsp3) is 0. The van der Waals surface area contributed by atoms with Crippen LogP contribution >= 0.6 is 0 Å². The van der Waals surface area contributed by atoms with Crippen molar-refractivity contribution in [3.8, 4) is 33.4 Å². The van der Waals surface area contributed by atoms with Crippen molar-refractivity contribution in [2.75, 3.05) is 0 Å². The standard InChI is InChI=1S/C52H30O2/c1-2-10-35-29-37(22-19-31(35)9-1)49-40-13-5-3-11-38(40)48(39-12-4-6-14-41(39)49)33-20-17-32(18-21-33)36-23-26-43-47(30-36)54-46-28-25-34-24-27-45-51(50(34)52(43)46)42-15-7-8-16-44(42)53-45/h1-30H. The molecule has 10 aromatic carbocycles. The Morgan fingerprint density at radius 2 is 0.722 bits per heavy atom. The van der Waals surface area contributed by atoms with E-state index in [1.54, 1.807) is 0 Å². The molecule has 12 aromatic rings. The molecule has 0 amide bonds. The van der Waals surface area contributed by atoms with Crippen LogP contribution in [-0.4, -0.2) is 0 Å². The Hall–Kier alpha value is -7.16. The van der Waals surface area contributed by atoms with E-state index in [4.69, 9.17) is 8.83 Å².